The minimum atomic E-state index is -0.128. The zero-order chi connectivity index (χ0) is 11.3. The van der Waals surface area contributed by atoms with Crippen LogP contribution in [-0.2, 0) is 0 Å². The highest BCUT2D eigenvalue weighted by molar-refractivity contribution is 7.99. The van der Waals surface area contributed by atoms with Gasteiger partial charge in [-0.05, 0) is 37.0 Å². The van der Waals surface area contributed by atoms with Crippen LogP contribution in [-0.4, -0.2) is 35.3 Å². The van der Waals surface area contributed by atoms with Crippen molar-refractivity contribution in [2.24, 2.45) is 5.41 Å². The summed E-state index contributed by atoms with van der Waals surface area (Å²) in [5.74, 6) is 2.51. The second-order valence-electron chi connectivity index (χ2n) is 5.17. The molecule has 0 spiro atoms. The van der Waals surface area contributed by atoms with E-state index < -0.39 is 0 Å². The molecular weight excluding hydrogens is 206 g/mol. The fourth-order valence-electron chi connectivity index (χ4n) is 1.90. The third kappa shape index (κ3) is 4.33. The molecule has 1 saturated heterocycles. The Morgan fingerprint density at radius 3 is 2.87 bits per heavy atom. The number of hydrogen-bond acceptors (Lipinski definition) is 3. The molecule has 1 aliphatic rings. The highest BCUT2D eigenvalue weighted by Crippen LogP contribution is 2.34. The molecular formula is C12H25NOS. The Labute approximate surface area is 98.2 Å². The van der Waals surface area contributed by atoms with E-state index in [0.717, 1.165) is 19.4 Å². The highest BCUT2D eigenvalue weighted by Gasteiger charge is 2.31. The Bertz CT molecular complexity index is 184. The van der Waals surface area contributed by atoms with E-state index in [1.54, 1.807) is 0 Å². The molecule has 0 aliphatic carbocycles. The number of aliphatic hydroxyl groups excluding tert-OH is 1. The van der Waals surface area contributed by atoms with Crippen LogP contribution in [0.5, 0.6) is 0 Å². The van der Waals surface area contributed by atoms with Gasteiger partial charge in [0.15, 0.2) is 0 Å². The molecule has 2 nitrogen and oxygen atoms in total. The van der Waals surface area contributed by atoms with E-state index in [0.29, 0.717) is 11.5 Å². The van der Waals surface area contributed by atoms with Crippen molar-refractivity contribution in [1.82, 2.24) is 5.32 Å². The summed E-state index contributed by atoms with van der Waals surface area (Å²) in [4.78, 5) is 0. The van der Waals surface area contributed by atoms with Crippen molar-refractivity contribution in [3.8, 4) is 0 Å². The molecule has 2 N–H and O–H groups in total. The van der Waals surface area contributed by atoms with Gasteiger partial charge in [0, 0.05) is 11.8 Å². The van der Waals surface area contributed by atoms with Gasteiger partial charge >= 0.3 is 0 Å². The van der Waals surface area contributed by atoms with Gasteiger partial charge in [-0.2, -0.15) is 11.8 Å². The Morgan fingerprint density at radius 2 is 2.27 bits per heavy atom. The first-order valence-corrected chi connectivity index (χ1v) is 7.21. The summed E-state index contributed by atoms with van der Waals surface area (Å²) in [5.41, 5.74) is 0.419. The van der Waals surface area contributed by atoms with E-state index in [9.17, 15) is 5.11 Å². The van der Waals surface area contributed by atoms with Crippen LogP contribution in [0, 0.1) is 5.41 Å². The second kappa shape index (κ2) is 6.12. The van der Waals surface area contributed by atoms with Gasteiger partial charge in [-0.25, -0.2) is 0 Å². The Morgan fingerprint density at radius 1 is 1.53 bits per heavy atom. The standard InChI is InChI=1S/C12H25NOS/c1-4-10(14)5-7-13-11-9-15-8-6-12(11,2)3/h10-11,13-14H,4-9H2,1-3H3. The monoisotopic (exact) mass is 231 g/mol. The molecule has 0 bridgehead atoms. The van der Waals surface area contributed by atoms with Gasteiger partial charge in [-0.1, -0.05) is 20.8 Å². The summed E-state index contributed by atoms with van der Waals surface area (Å²) < 4.78 is 0. The maximum Gasteiger partial charge on any atom is 0.0549 e. The molecule has 1 aliphatic heterocycles. The lowest BCUT2D eigenvalue weighted by molar-refractivity contribution is 0.153. The van der Waals surface area contributed by atoms with Crippen LogP contribution in [0.3, 0.4) is 0 Å². The maximum absolute atomic E-state index is 9.47. The van der Waals surface area contributed by atoms with Crippen LogP contribution in [0.4, 0.5) is 0 Å². The largest absolute Gasteiger partial charge is 0.393 e. The molecule has 90 valence electrons. The fraction of sp³-hybridized carbons (Fsp3) is 1.00. The van der Waals surface area contributed by atoms with Gasteiger partial charge in [0.1, 0.15) is 0 Å². The molecule has 1 rings (SSSR count). The van der Waals surface area contributed by atoms with E-state index in [1.165, 1.54) is 17.9 Å². The molecule has 1 fully saturated rings. The van der Waals surface area contributed by atoms with E-state index >= 15 is 0 Å². The van der Waals surface area contributed by atoms with E-state index in [1.807, 2.05) is 18.7 Å². The van der Waals surface area contributed by atoms with Gasteiger partial charge in [-0.3, -0.25) is 0 Å². The van der Waals surface area contributed by atoms with E-state index in [4.69, 9.17) is 0 Å². The van der Waals surface area contributed by atoms with Crippen molar-refractivity contribution in [3.63, 3.8) is 0 Å². The Kier molecular flexibility index (Phi) is 5.44. The van der Waals surface area contributed by atoms with Crippen LogP contribution in [0.2, 0.25) is 0 Å². The molecule has 0 aromatic carbocycles. The number of aliphatic hydroxyl groups is 1. The van der Waals surface area contributed by atoms with Gasteiger partial charge < -0.3 is 10.4 Å². The predicted octanol–water partition coefficient (Wildman–Crippen LogP) is 2.27. The first-order chi connectivity index (χ1) is 7.06. The van der Waals surface area contributed by atoms with Crippen molar-refractivity contribution in [2.45, 2.75) is 52.2 Å². The number of nitrogens with one attached hydrogen (secondary N) is 1. The van der Waals surface area contributed by atoms with Crippen molar-refractivity contribution in [2.75, 3.05) is 18.1 Å². The first-order valence-electron chi connectivity index (χ1n) is 6.05. The second-order valence-corrected chi connectivity index (χ2v) is 6.32. The summed E-state index contributed by atoms with van der Waals surface area (Å²) in [6.45, 7) is 7.68. The third-order valence-electron chi connectivity index (χ3n) is 3.46. The molecule has 15 heavy (non-hydrogen) atoms. The SMILES string of the molecule is CCC(O)CCNC1CSCCC1(C)C. The zero-order valence-corrected chi connectivity index (χ0v) is 11.1. The molecule has 2 atom stereocenters. The van der Waals surface area contributed by atoms with E-state index in [2.05, 4.69) is 19.2 Å². The maximum atomic E-state index is 9.47. The number of hydrogen-bond donors (Lipinski definition) is 2. The van der Waals surface area contributed by atoms with Crippen LogP contribution in [0.1, 0.15) is 40.0 Å². The molecule has 0 aromatic rings. The summed E-state index contributed by atoms with van der Waals surface area (Å²) in [6.07, 6.45) is 2.92. The Hall–Kier alpha value is 0.270. The van der Waals surface area contributed by atoms with Crippen LogP contribution < -0.4 is 5.32 Å². The van der Waals surface area contributed by atoms with Gasteiger partial charge in [0.25, 0.3) is 0 Å². The zero-order valence-electron chi connectivity index (χ0n) is 10.3. The summed E-state index contributed by atoms with van der Waals surface area (Å²) in [6, 6.07) is 0.611. The molecule has 0 aromatic heterocycles. The van der Waals surface area contributed by atoms with Crippen molar-refractivity contribution >= 4 is 11.8 Å². The predicted molar refractivity (Wildman–Crippen MR) is 68.4 cm³/mol. The topological polar surface area (TPSA) is 32.3 Å². The summed E-state index contributed by atoms with van der Waals surface area (Å²) in [7, 11) is 0. The van der Waals surface area contributed by atoms with Gasteiger partial charge in [0.2, 0.25) is 0 Å². The first kappa shape index (κ1) is 13.3. The molecule has 0 saturated carbocycles. The van der Waals surface area contributed by atoms with Crippen LogP contribution >= 0.6 is 11.8 Å². The normalized spacial score (nSPS) is 27.6. The fourth-order valence-corrected chi connectivity index (χ4v) is 3.54. The number of thioether (sulfide) groups is 1. The molecule has 1 heterocycles. The molecule has 2 unspecified atom stereocenters. The third-order valence-corrected chi connectivity index (χ3v) is 4.52. The van der Waals surface area contributed by atoms with Crippen LogP contribution in [0.15, 0.2) is 0 Å². The van der Waals surface area contributed by atoms with Crippen molar-refractivity contribution in [3.05, 3.63) is 0 Å². The lowest BCUT2D eigenvalue weighted by Crippen LogP contribution is -2.47. The number of rotatable bonds is 5. The van der Waals surface area contributed by atoms with Crippen LogP contribution in [0.25, 0.3) is 0 Å². The minimum Gasteiger partial charge on any atom is -0.393 e. The smallest absolute Gasteiger partial charge is 0.0549 e. The lowest BCUT2D eigenvalue weighted by Gasteiger charge is -2.39. The quantitative estimate of drug-likeness (QED) is 0.761. The Balaban J connectivity index is 2.24. The molecule has 0 radical (unpaired) electrons. The molecule has 3 heteroatoms. The average molecular weight is 231 g/mol. The summed E-state index contributed by atoms with van der Waals surface area (Å²) >= 11 is 2.04. The molecule has 0 amide bonds. The van der Waals surface area contributed by atoms with Crippen molar-refractivity contribution < 1.29 is 5.11 Å². The van der Waals surface area contributed by atoms with Crippen molar-refractivity contribution in [1.29, 1.82) is 0 Å². The van der Waals surface area contributed by atoms with Gasteiger partial charge in [-0.15, -0.1) is 0 Å². The minimum absolute atomic E-state index is 0.128. The van der Waals surface area contributed by atoms with E-state index in [-0.39, 0.29) is 6.10 Å². The summed E-state index contributed by atoms with van der Waals surface area (Å²) in [5, 5.41) is 13.1. The average Bonchev–Trinajstić information content (AvgIpc) is 2.20. The van der Waals surface area contributed by atoms with Gasteiger partial charge in [0.05, 0.1) is 6.10 Å². The highest BCUT2D eigenvalue weighted by atomic mass is 32.2. The lowest BCUT2D eigenvalue weighted by atomic mass is 9.82.